The molecule has 0 aliphatic heterocycles. The molecule has 0 bridgehead atoms. The largest absolute Gasteiger partial charge is 0.484 e. The van der Waals surface area contributed by atoms with E-state index in [0.29, 0.717) is 12.3 Å². The lowest BCUT2D eigenvalue weighted by Crippen LogP contribution is -2.28. The fourth-order valence-corrected chi connectivity index (χ4v) is 2.98. The normalized spacial score (nSPS) is 10.3. The minimum atomic E-state index is -0.492. The van der Waals surface area contributed by atoms with Gasteiger partial charge in [0.2, 0.25) is 0 Å². The second-order valence-electron chi connectivity index (χ2n) is 5.33. The molecule has 3 aromatic rings. The van der Waals surface area contributed by atoms with E-state index >= 15 is 0 Å². The molecule has 1 aromatic heterocycles. The number of thiazole rings is 1. The first kappa shape index (κ1) is 17.6. The van der Waals surface area contributed by atoms with Crippen LogP contribution in [0.4, 0.5) is 5.69 Å². The van der Waals surface area contributed by atoms with Gasteiger partial charge in [-0.15, -0.1) is 11.3 Å². The van der Waals surface area contributed by atoms with Gasteiger partial charge < -0.3 is 10.1 Å². The number of aromatic nitrogens is 1. The van der Waals surface area contributed by atoms with Crippen LogP contribution in [0.3, 0.4) is 0 Å². The number of ether oxygens (including phenoxy) is 1. The Morgan fingerprint density at radius 1 is 1.15 bits per heavy atom. The van der Waals surface area contributed by atoms with Gasteiger partial charge >= 0.3 is 0 Å². The van der Waals surface area contributed by atoms with Crippen molar-refractivity contribution < 1.29 is 14.5 Å². The molecule has 0 saturated carbocycles. The van der Waals surface area contributed by atoms with Crippen molar-refractivity contribution in [3.8, 4) is 16.3 Å². The van der Waals surface area contributed by atoms with Crippen molar-refractivity contribution in [3.63, 3.8) is 0 Å². The van der Waals surface area contributed by atoms with E-state index < -0.39 is 4.92 Å². The molecule has 0 saturated heterocycles. The molecule has 0 unspecified atom stereocenters. The third kappa shape index (κ3) is 4.64. The Bertz CT molecular complexity index is 894. The molecule has 0 fully saturated rings. The number of hydrogen-bond donors (Lipinski definition) is 1. The number of carbonyl (C=O) groups excluding carboxylic acids is 1. The maximum atomic E-state index is 11.9. The average Bonchev–Trinajstić information content (AvgIpc) is 3.15. The molecule has 0 aliphatic carbocycles. The third-order valence-electron chi connectivity index (χ3n) is 3.46. The predicted molar refractivity (Wildman–Crippen MR) is 98.0 cm³/mol. The number of nitrogens with zero attached hydrogens (tertiary/aromatic N) is 2. The Balaban J connectivity index is 1.47. The molecule has 2 aromatic carbocycles. The number of nitro groups is 1. The maximum Gasteiger partial charge on any atom is 0.269 e. The molecule has 1 amide bonds. The number of amides is 1. The highest BCUT2D eigenvalue weighted by Crippen LogP contribution is 2.23. The lowest BCUT2D eigenvalue weighted by atomic mass is 10.2. The van der Waals surface area contributed by atoms with Gasteiger partial charge in [-0.1, -0.05) is 30.3 Å². The van der Waals surface area contributed by atoms with Crippen molar-refractivity contribution in [2.24, 2.45) is 0 Å². The molecule has 1 heterocycles. The maximum absolute atomic E-state index is 11.9. The summed E-state index contributed by atoms with van der Waals surface area (Å²) in [4.78, 5) is 26.5. The Labute approximate surface area is 153 Å². The van der Waals surface area contributed by atoms with Crippen LogP contribution >= 0.6 is 11.3 Å². The van der Waals surface area contributed by atoms with Crippen molar-refractivity contribution in [1.82, 2.24) is 10.3 Å². The number of non-ortho nitro benzene ring substituents is 1. The zero-order valence-corrected chi connectivity index (χ0v) is 14.4. The summed E-state index contributed by atoms with van der Waals surface area (Å²) in [5.74, 6) is 0.100. The molecule has 7 nitrogen and oxygen atoms in total. The Kier molecular flexibility index (Phi) is 5.55. The molecule has 0 atom stereocenters. The van der Waals surface area contributed by atoms with Gasteiger partial charge in [0.05, 0.1) is 17.2 Å². The molecule has 0 radical (unpaired) electrons. The SMILES string of the molecule is O=C(COc1ccc([N+](=O)[O-])cc1)NCc1csc(-c2ccccc2)n1. The summed E-state index contributed by atoms with van der Waals surface area (Å²) in [6.07, 6.45) is 0. The minimum Gasteiger partial charge on any atom is -0.484 e. The van der Waals surface area contributed by atoms with Gasteiger partial charge in [0.15, 0.2) is 6.61 Å². The fraction of sp³-hybridized carbons (Fsp3) is 0.111. The second kappa shape index (κ2) is 8.21. The first-order valence-electron chi connectivity index (χ1n) is 7.75. The predicted octanol–water partition coefficient (Wildman–Crippen LogP) is 3.41. The summed E-state index contributed by atoms with van der Waals surface area (Å²) >= 11 is 1.52. The summed E-state index contributed by atoms with van der Waals surface area (Å²) in [5, 5.41) is 16.1. The van der Waals surface area contributed by atoms with Gasteiger partial charge in [0.1, 0.15) is 10.8 Å². The van der Waals surface area contributed by atoms with E-state index in [1.807, 2.05) is 35.7 Å². The van der Waals surface area contributed by atoms with Crippen molar-refractivity contribution in [3.05, 3.63) is 75.8 Å². The Morgan fingerprint density at radius 3 is 2.58 bits per heavy atom. The zero-order chi connectivity index (χ0) is 18.4. The van der Waals surface area contributed by atoms with Crippen LogP contribution in [0.5, 0.6) is 5.75 Å². The number of nitrogens with one attached hydrogen (secondary N) is 1. The van der Waals surface area contributed by atoms with Crippen LogP contribution in [-0.2, 0) is 11.3 Å². The lowest BCUT2D eigenvalue weighted by Gasteiger charge is -2.06. The smallest absolute Gasteiger partial charge is 0.269 e. The van der Waals surface area contributed by atoms with E-state index in [1.54, 1.807) is 0 Å². The van der Waals surface area contributed by atoms with Gasteiger partial charge in [-0.05, 0) is 12.1 Å². The van der Waals surface area contributed by atoms with Crippen LogP contribution in [0.25, 0.3) is 10.6 Å². The van der Waals surface area contributed by atoms with Gasteiger partial charge in [-0.3, -0.25) is 14.9 Å². The van der Waals surface area contributed by atoms with E-state index in [4.69, 9.17) is 4.74 Å². The van der Waals surface area contributed by atoms with Crippen LogP contribution in [0.1, 0.15) is 5.69 Å². The molecule has 0 spiro atoms. The van der Waals surface area contributed by atoms with Crippen molar-refractivity contribution in [2.75, 3.05) is 6.61 Å². The quantitative estimate of drug-likeness (QED) is 0.509. The Hall–Kier alpha value is -3.26. The van der Waals surface area contributed by atoms with E-state index in [0.717, 1.165) is 16.3 Å². The van der Waals surface area contributed by atoms with Crippen LogP contribution in [-0.4, -0.2) is 22.4 Å². The van der Waals surface area contributed by atoms with Crippen LogP contribution in [0, 0.1) is 10.1 Å². The number of rotatable bonds is 7. The summed E-state index contributed by atoms with van der Waals surface area (Å²) in [5.41, 5.74) is 1.79. The summed E-state index contributed by atoms with van der Waals surface area (Å²) in [6.45, 7) is 0.138. The minimum absolute atomic E-state index is 0.0282. The first-order chi connectivity index (χ1) is 12.6. The average molecular weight is 369 g/mol. The van der Waals surface area contributed by atoms with Gasteiger partial charge in [-0.25, -0.2) is 4.98 Å². The second-order valence-corrected chi connectivity index (χ2v) is 6.18. The van der Waals surface area contributed by atoms with E-state index in [1.165, 1.54) is 35.6 Å². The monoisotopic (exact) mass is 369 g/mol. The molecule has 26 heavy (non-hydrogen) atoms. The fourth-order valence-electron chi connectivity index (χ4n) is 2.15. The van der Waals surface area contributed by atoms with E-state index in [2.05, 4.69) is 10.3 Å². The first-order valence-corrected chi connectivity index (χ1v) is 8.63. The van der Waals surface area contributed by atoms with Crippen LogP contribution in [0.2, 0.25) is 0 Å². The van der Waals surface area contributed by atoms with Gasteiger partial charge in [0, 0.05) is 23.1 Å². The van der Waals surface area contributed by atoms with Crippen molar-refractivity contribution in [1.29, 1.82) is 0 Å². The number of nitro benzene ring substituents is 1. The van der Waals surface area contributed by atoms with Gasteiger partial charge in [0.25, 0.3) is 11.6 Å². The highest BCUT2D eigenvalue weighted by molar-refractivity contribution is 7.13. The molecule has 8 heteroatoms. The molecular formula is C18H15N3O4S. The molecule has 3 rings (SSSR count). The molecule has 1 N–H and O–H groups in total. The number of hydrogen-bond acceptors (Lipinski definition) is 6. The highest BCUT2D eigenvalue weighted by atomic mass is 32.1. The number of carbonyl (C=O) groups is 1. The highest BCUT2D eigenvalue weighted by Gasteiger charge is 2.08. The Morgan fingerprint density at radius 2 is 1.88 bits per heavy atom. The third-order valence-corrected chi connectivity index (χ3v) is 4.40. The van der Waals surface area contributed by atoms with E-state index in [-0.39, 0.29) is 18.2 Å². The van der Waals surface area contributed by atoms with Crippen LogP contribution in [0.15, 0.2) is 60.0 Å². The summed E-state index contributed by atoms with van der Waals surface area (Å²) in [7, 11) is 0. The standard InChI is InChI=1S/C18H15N3O4S/c22-17(11-25-16-8-6-15(7-9-16)21(23)24)19-10-14-12-26-18(20-14)13-4-2-1-3-5-13/h1-9,12H,10-11H2,(H,19,22). The van der Waals surface area contributed by atoms with Crippen molar-refractivity contribution >= 4 is 22.9 Å². The topological polar surface area (TPSA) is 94.4 Å². The zero-order valence-electron chi connectivity index (χ0n) is 13.6. The summed E-state index contributed by atoms with van der Waals surface area (Å²) < 4.78 is 5.31. The number of benzene rings is 2. The molecule has 0 aliphatic rings. The van der Waals surface area contributed by atoms with Gasteiger partial charge in [-0.2, -0.15) is 0 Å². The molecule has 132 valence electrons. The van der Waals surface area contributed by atoms with Crippen molar-refractivity contribution in [2.45, 2.75) is 6.54 Å². The molecular weight excluding hydrogens is 354 g/mol. The van der Waals surface area contributed by atoms with Crippen LogP contribution < -0.4 is 10.1 Å². The lowest BCUT2D eigenvalue weighted by molar-refractivity contribution is -0.384. The summed E-state index contributed by atoms with van der Waals surface area (Å²) in [6, 6.07) is 15.4. The van der Waals surface area contributed by atoms with E-state index in [9.17, 15) is 14.9 Å².